The Kier molecular flexibility index (Phi) is 4.96. The van der Waals surface area contributed by atoms with E-state index in [0.717, 1.165) is 31.3 Å². The molecule has 0 amide bonds. The SMILES string of the molecule is Cc1nc(C2CCCN2Cc2cc(CN3CCCCC3)cs2)n[nH]1. The number of rotatable bonds is 5. The second-order valence-corrected chi connectivity index (χ2v) is 8.16. The summed E-state index contributed by atoms with van der Waals surface area (Å²) >= 11 is 1.91. The zero-order valence-corrected chi connectivity index (χ0v) is 15.3. The van der Waals surface area contributed by atoms with Gasteiger partial charge in [-0.2, -0.15) is 5.10 Å². The van der Waals surface area contributed by atoms with Crippen molar-refractivity contribution in [2.24, 2.45) is 0 Å². The second-order valence-electron chi connectivity index (χ2n) is 7.17. The van der Waals surface area contributed by atoms with Crippen molar-refractivity contribution in [2.75, 3.05) is 19.6 Å². The zero-order chi connectivity index (χ0) is 16.4. The van der Waals surface area contributed by atoms with Crippen LogP contribution in [0.3, 0.4) is 0 Å². The van der Waals surface area contributed by atoms with Crippen LogP contribution in [0.4, 0.5) is 0 Å². The molecule has 0 saturated carbocycles. The first-order valence-electron chi connectivity index (χ1n) is 9.19. The number of thiophene rings is 1. The van der Waals surface area contributed by atoms with Crippen LogP contribution in [-0.2, 0) is 13.1 Å². The Morgan fingerprint density at radius 1 is 1.17 bits per heavy atom. The summed E-state index contributed by atoms with van der Waals surface area (Å²) in [6, 6.07) is 2.79. The molecule has 2 saturated heterocycles. The van der Waals surface area contributed by atoms with Gasteiger partial charge in [0.1, 0.15) is 5.82 Å². The van der Waals surface area contributed by atoms with Crippen LogP contribution in [0.2, 0.25) is 0 Å². The Balaban J connectivity index is 1.38. The maximum atomic E-state index is 4.56. The fraction of sp³-hybridized carbons (Fsp3) is 0.667. The molecule has 2 aromatic heterocycles. The van der Waals surface area contributed by atoms with Gasteiger partial charge in [0, 0.05) is 18.0 Å². The lowest BCUT2D eigenvalue weighted by Gasteiger charge is -2.25. The second kappa shape index (κ2) is 7.33. The molecule has 4 heterocycles. The van der Waals surface area contributed by atoms with Crippen LogP contribution >= 0.6 is 11.3 Å². The van der Waals surface area contributed by atoms with Crippen molar-refractivity contribution in [3.63, 3.8) is 0 Å². The summed E-state index contributed by atoms with van der Waals surface area (Å²) in [4.78, 5) is 11.2. The van der Waals surface area contributed by atoms with E-state index in [-0.39, 0.29) is 0 Å². The Labute approximate surface area is 148 Å². The number of likely N-dealkylation sites (tertiary alicyclic amines) is 2. The molecular formula is C18H27N5S. The molecule has 0 spiro atoms. The smallest absolute Gasteiger partial charge is 0.167 e. The lowest BCUT2D eigenvalue weighted by molar-refractivity contribution is 0.221. The Morgan fingerprint density at radius 3 is 2.83 bits per heavy atom. The van der Waals surface area contributed by atoms with Crippen LogP contribution in [-0.4, -0.2) is 44.6 Å². The molecule has 0 aliphatic carbocycles. The molecule has 5 nitrogen and oxygen atoms in total. The van der Waals surface area contributed by atoms with E-state index in [1.165, 1.54) is 55.6 Å². The maximum Gasteiger partial charge on any atom is 0.167 e. The molecule has 2 aliphatic heterocycles. The molecule has 0 radical (unpaired) electrons. The summed E-state index contributed by atoms with van der Waals surface area (Å²) in [5.41, 5.74) is 1.49. The van der Waals surface area contributed by atoms with Crippen molar-refractivity contribution >= 4 is 11.3 Å². The van der Waals surface area contributed by atoms with Gasteiger partial charge in [0.2, 0.25) is 0 Å². The minimum atomic E-state index is 0.377. The third-order valence-corrected chi connectivity index (χ3v) is 6.17. The zero-order valence-electron chi connectivity index (χ0n) is 14.5. The van der Waals surface area contributed by atoms with Crippen molar-refractivity contribution in [1.29, 1.82) is 0 Å². The molecule has 24 heavy (non-hydrogen) atoms. The van der Waals surface area contributed by atoms with Crippen molar-refractivity contribution in [1.82, 2.24) is 25.0 Å². The molecule has 0 bridgehead atoms. The Morgan fingerprint density at radius 2 is 2.04 bits per heavy atom. The summed E-state index contributed by atoms with van der Waals surface area (Å²) in [6.45, 7) is 7.82. The Bertz CT molecular complexity index is 658. The van der Waals surface area contributed by atoms with E-state index < -0.39 is 0 Å². The molecule has 6 heteroatoms. The van der Waals surface area contributed by atoms with Gasteiger partial charge in [-0.05, 0) is 69.3 Å². The van der Waals surface area contributed by atoms with Gasteiger partial charge < -0.3 is 0 Å². The fourth-order valence-corrected chi connectivity index (χ4v) is 4.89. The van der Waals surface area contributed by atoms with E-state index in [1.807, 2.05) is 18.3 Å². The summed E-state index contributed by atoms with van der Waals surface area (Å²) in [6.07, 6.45) is 6.54. The van der Waals surface area contributed by atoms with Crippen molar-refractivity contribution in [2.45, 2.75) is 58.2 Å². The van der Waals surface area contributed by atoms with Gasteiger partial charge in [-0.1, -0.05) is 6.42 Å². The average Bonchev–Trinajstić information content (AvgIpc) is 3.31. The van der Waals surface area contributed by atoms with Crippen LogP contribution in [0.25, 0.3) is 0 Å². The van der Waals surface area contributed by atoms with E-state index in [4.69, 9.17) is 0 Å². The number of aromatic nitrogens is 3. The van der Waals surface area contributed by atoms with E-state index in [9.17, 15) is 0 Å². The highest BCUT2D eigenvalue weighted by molar-refractivity contribution is 7.10. The van der Waals surface area contributed by atoms with Gasteiger partial charge in [-0.3, -0.25) is 14.9 Å². The fourth-order valence-electron chi connectivity index (χ4n) is 3.98. The van der Waals surface area contributed by atoms with Gasteiger partial charge >= 0.3 is 0 Å². The van der Waals surface area contributed by atoms with Crippen molar-refractivity contribution in [3.8, 4) is 0 Å². The first-order chi connectivity index (χ1) is 11.8. The number of aryl methyl sites for hydroxylation is 1. The lowest BCUT2D eigenvalue weighted by Crippen LogP contribution is -2.28. The number of hydrogen-bond donors (Lipinski definition) is 1. The third-order valence-electron chi connectivity index (χ3n) is 5.20. The topological polar surface area (TPSA) is 48.1 Å². The molecule has 1 N–H and O–H groups in total. The van der Waals surface area contributed by atoms with E-state index in [1.54, 1.807) is 0 Å². The predicted octanol–water partition coefficient (Wildman–Crippen LogP) is 3.50. The first-order valence-corrected chi connectivity index (χ1v) is 10.1. The number of hydrogen-bond acceptors (Lipinski definition) is 5. The van der Waals surface area contributed by atoms with Crippen LogP contribution in [0.15, 0.2) is 11.4 Å². The maximum absolute atomic E-state index is 4.56. The summed E-state index contributed by atoms with van der Waals surface area (Å²) in [7, 11) is 0. The van der Waals surface area contributed by atoms with Crippen LogP contribution in [0.5, 0.6) is 0 Å². The normalized spacial score (nSPS) is 23.1. The molecule has 2 aromatic rings. The van der Waals surface area contributed by atoms with Crippen molar-refractivity contribution < 1.29 is 0 Å². The molecule has 0 aromatic carbocycles. The molecule has 4 rings (SSSR count). The summed E-state index contributed by atoms with van der Waals surface area (Å²) < 4.78 is 0. The van der Waals surface area contributed by atoms with E-state index in [2.05, 4.69) is 36.4 Å². The molecule has 2 aliphatic rings. The van der Waals surface area contributed by atoms with Gasteiger partial charge in [-0.25, -0.2) is 4.98 Å². The summed E-state index contributed by atoms with van der Waals surface area (Å²) in [5.74, 6) is 1.88. The molecule has 1 atom stereocenters. The van der Waals surface area contributed by atoms with Crippen LogP contribution in [0.1, 0.15) is 60.2 Å². The molecule has 2 fully saturated rings. The van der Waals surface area contributed by atoms with Crippen LogP contribution in [0, 0.1) is 6.92 Å². The molecule has 130 valence electrons. The van der Waals surface area contributed by atoms with E-state index >= 15 is 0 Å². The minimum Gasteiger partial charge on any atom is -0.299 e. The van der Waals surface area contributed by atoms with Gasteiger partial charge in [-0.15, -0.1) is 11.3 Å². The highest BCUT2D eigenvalue weighted by atomic mass is 32.1. The number of nitrogens with zero attached hydrogens (tertiary/aromatic N) is 4. The highest BCUT2D eigenvalue weighted by Crippen LogP contribution is 2.32. The summed E-state index contributed by atoms with van der Waals surface area (Å²) in [5, 5.41) is 9.73. The number of piperidine rings is 1. The average molecular weight is 346 g/mol. The predicted molar refractivity (Wildman–Crippen MR) is 97.0 cm³/mol. The lowest BCUT2D eigenvalue weighted by atomic mass is 10.1. The van der Waals surface area contributed by atoms with Crippen molar-refractivity contribution in [3.05, 3.63) is 33.5 Å². The van der Waals surface area contributed by atoms with Crippen LogP contribution < -0.4 is 0 Å². The molecular weight excluding hydrogens is 318 g/mol. The Hall–Kier alpha value is -1.24. The van der Waals surface area contributed by atoms with Gasteiger partial charge in [0.05, 0.1) is 6.04 Å². The quantitative estimate of drug-likeness (QED) is 0.901. The minimum absolute atomic E-state index is 0.377. The van der Waals surface area contributed by atoms with Gasteiger partial charge in [0.25, 0.3) is 0 Å². The van der Waals surface area contributed by atoms with Gasteiger partial charge in [0.15, 0.2) is 5.82 Å². The highest BCUT2D eigenvalue weighted by Gasteiger charge is 2.29. The number of aromatic amines is 1. The molecule has 1 unspecified atom stereocenters. The largest absolute Gasteiger partial charge is 0.299 e. The standard InChI is InChI=1S/C18H27N5S/c1-14-19-18(21-20-14)17-6-5-9-23(17)12-16-10-15(13-24-16)11-22-7-3-2-4-8-22/h10,13,17H,2-9,11-12H2,1H3,(H,19,20,21). The number of nitrogens with one attached hydrogen (secondary N) is 1. The number of H-pyrrole nitrogens is 1. The first kappa shape index (κ1) is 16.2. The van der Waals surface area contributed by atoms with E-state index in [0.29, 0.717) is 6.04 Å². The third kappa shape index (κ3) is 3.71. The monoisotopic (exact) mass is 345 g/mol.